The first kappa shape index (κ1) is 16.0. The molecule has 0 radical (unpaired) electrons. The topological polar surface area (TPSA) is 58.2 Å². The Hall–Kier alpha value is -1.07. The molecule has 1 unspecified atom stereocenters. The number of anilines is 1. The maximum Gasteiger partial charge on any atom is 0.232 e. The van der Waals surface area contributed by atoms with E-state index in [1.165, 1.54) is 0 Å². The van der Waals surface area contributed by atoms with Crippen LogP contribution in [0, 0.1) is 5.92 Å². The van der Waals surface area contributed by atoms with Crippen molar-refractivity contribution in [1.82, 2.24) is 5.32 Å². The zero-order chi connectivity index (χ0) is 14.5. The summed E-state index contributed by atoms with van der Waals surface area (Å²) in [6, 6.07) is 7.68. The molecule has 0 amide bonds. The lowest BCUT2D eigenvalue weighted by molar-refractivity contribution is 0.578. The molecule has 0 spiro atoms. The van der Waals surface area contributed by atoms with Gasteiger partial charge in [0.2, 0.25) is 10.0 Å². The van der Waals surface area contributed by atoms with E-state index < -0.39 is 10.0 Å². The first-order chi connectivity index (χ1) is 8.84. The summed E-state index contributed by atoms with van der Waals surface area (Å²) in [5.74, 6) is 0.545. The van der Waals surface area contributed by atoms with Gasteiger partial charge in [0.25, 0.3) is 0 Å². The minimum absolute atomic E-state index is 0.163. The van der Waals surface area contributed by atoms with E-state index in [1.54, 1.807) is 6.07 Å². The van der Waals surface area contributed by atoms with Gasteiger partial charge in [0, 0.05) is 11.7 Å². The summed E-state index contributed by atoms with van der Waals surface area (Å²) in [6.45, 7) is 6.07. The molecule has 0 fully saturated rings. The summed E-state index contributed by atoms with van der Waals surface area (Å²) in [7, 11) is -1.37. The largest absolute Gasteiger partial charge is 0.313 e. The van der Waals surface area contributed by atoms with Crippen molar-refractivity contribution >= 4 is 15.7 Å². The molecule has 0 aliphatic heterocycles. The number of sulfonamides is 1. The van der Waals surface area contributed by atoms with Gasteiger partial charge in [0.05, 0.1) is 5.75 Å². The van der Waals surface area contributed by atoms with Crippen LogP contribution >= 0.6 is 0 Å². The molecule has 0 saturated heterocycles. The third-order valence-corrected chi connectivity index (χ3v) is 4.38. The van der Waals surface area contributed by atoms with Crippen LogP contribution in [0.15, 0.2) is 24.3 Å². The van der Waals surface area contributed by atoms with Crippen LogP contribution in [0.3, 0.4) is 0 Å². The van der Waals surface area contributed by atoms with Gasteiger partial charge >= 0.3 is 0 Å². The summed E-state index contributed by atoms with van der Waals surface area (Å²) in [5.41, 5.74) is 1.69. The molecule has 108 valence electrons. The van der Waals surface area contributed by atoms with Crippen molar-refractivity contribution < 1.29 is 8.42 Å². The van der Waals surface area contributed by atoms with Gasteiger partial charge in [-0.1, -0.05) is 26.0 Å². The molecule has 0 saturated carbocycles. The van der Waals surface area contributed by atoms with Crippen molar-refractivity contribution in [1.29, 1.82) is 0 Å². The summed E-state index contributed by atoms with van der Waals surface area (Å²) in [6.07, 6.45) is 0.669. The number of hydrogen-bond donors (Lipinski definition) is 2. The number of benzene rings is 1. The minimum Gasteiger partial charge on any atom is -0.313 e. The molecule has 1 rings (SSSR count). The van der Waals surface area contributed by atoms with Gasteiger partial charge in [-0.25, -0.2) is 8.42 Å². The molecule has 5 heteroatoms. The van der Waals surface area contributed by atoms with Gasteiger partial charge in [-0.3, -0.25) is 4.72 Å². The lowest BCUT2D eigenvalue weighted by Gasteiger charge is -2.13. The van der Waals surface area contributed by atoms with Crippen LogP contribution in [0.2, 0.25) is 0 Å². The number of rotatable bonds is 7. The third kappa shape index (κ3) is 5.61. The first-order valence-electron chi connectivity index (χ1n) is 6.62. The molecular weight excluding hydrogens is 260 g/mol. The maximum atomic E-state index is 11.9. The van der Waals surface area contributed by atoms with Crippen LogP contribution in [0.25, 0.3) is 0 Å². The molecule has 0 aromatic heterocycles. The van der Waals surface area contributed by atoms with Crippen LogP contribution in [-0.2, 0) is 10.0 Å². The summed E-state index contributed by atoms with van der Waals surface area (Å²) in [4.78, 5) is 0. The van der Waals surface area contributed by atoms with Gasteiger partial charge < -0.3 is 5.32 Å². The lowest BCUT2D eigenvalue weighted by Crippen LogP contribution is -2.18. The number of hydrogen-bond acceptors (Lipinski definition) is 3. The van der Waals surface area contributed by atoms with Crippen LogP contribution in [0.1, 0.15) is 38.8 Å². The minimum atomic E-state index is -3.25. The molecule has 1 aromatic rings. The first-order valence-corrected chi connectivity index (χ1v) is 8.27. The highest BCUT2D eigenvalue weighted by Crippen LogP contribution is 2.18. The Morgan fingerprint density at radius 2 is 1.89 bits per heavy atom. The van der Waals surface area contributed by atoms with Crippen LogP contribution < -0.4 is 10.0 Å². The Morgan fingerprint density at radius 3 is 2.47 bits per heavy atom. The van der Waals surface area contributed by atoms with Crippen molar-refractivity contribution in [3.05, 3.63) is 29.8 Å². The van der Waals surface area contributed by atoms with Crippen molar-refractivity contribution in [2.75, 3.05) is 17.5 Å². The predicted octanol–water partition coefficient (Wildman–Crippen LogP) is 2.75. The van der Waals surface area contributed by atoms with Gasteiger partial charge in [-0.05, 0) is 44.0 Å². The van der Waals surface area contributed by atoms with Crippen molar-refractivity contribution in [3.63, 3.8) is 0 Å². The Balaban J connectivity index is 2.76. The van der Waals surface area contributed by atoms with Crippen LogP contribution in [-0.4, -0.2) is 21.2 Å². The molecule has 1 aromatic carbocycles. The smallest absolute Gasteiger partial charge is 0.232 e. The van der Waals surface area contributed by atoms with E-state index in [-0.39, 0.29) is 11.8 Å². The van der Waals surface area contributed by atoms with E-state index in [0.717, 1.165) is 5.56 Å². The van der Waals surface area contributed by atoms with Crippen molar-refractivity contribution in [3.8, 4) is 0 Å². The van der Waals surface area contributed by atoms with E-state index in [0.29, 0.717) is 18.0 Å². The average molecular weight is 284 g/mol. The fourth-order valence-corrected chi connectivity index (χ4v) is 3.03. The van der Waals surface area contributed by atoms with Gasteiger partial charge in [-0.2, -0.15) is 0 Å². The second-order valence-corrected chi connectivity index (χ2v) is 7.08. The SMILES string of the molecule is CNC(C)c1cccc(NS(=O)(=O)CCC(C)C)c1. The highest BCUT2D eigenvalue weighted by molar-refractivity contribution is 7.92. The second-order valence-electron chi connectivity index (χ2n) is 5.24. The molecule has 0 heterocycles. The standard InChI is InChI=1S/C14H24N2O2S/c1-11(2)8-9-19(17,18)16-14-7-5-6-13(10-14)12(3)15-4/h5-7,10-12,15-16H,8-9H2,1-4H3. The lowest BCUT2D eigenvalue weighted by atomic mass is 10.1. The molecule has 4 nitrogen and oxygen atoms in total. The average Bonchev–Trinajstić information content (AvgIpc) is 2.35. The van der Waals surface area contributed by atoms with E-state index >= 15 is 0 Å². The normalized spacial score (nSPS) is 13.5. The molecule has 19 heavy (non-hydrogen) atoms. The quantitative estimate of drug-likeness (QED) is 0.809. The number of nitrogens with one attached hydrogen (secondary N) is 2. The van der Waals surface area contributed by atoms with Gasteiger partial charge in [0.1, 0.15) is 0 Å². The summed E-state index contributed by atoms with van der Waals surface area (Å²) >= 11 is 0. The predicted molar refractivity (Wildman–Crippen MR) is 80.8 cm³/mol. The van der Waals surface area contributed by atoms with E-state index in [9.17, 15) is 8.42 Å². The van der Waals surface area contributed by atoms with Gasteiger partial charge in [-0.15, -0.1) is 0 Å². The highest BCUT2D eigenvalue weighted by Gasteiger charge is 2.12. The Morgan fingerprint density at radius 1 is 1.21 bits per heavy atom. The maximum absolute atomic E-state index is 11.9. The Kier molecular flexibility index (Phi) is 5.82. The molecular formula is C14H24N2O2S. The fourth-order valence-electron chi connectivity index (χ4n) is 1.66. The highest BCUT2D eigenvalue weighted by atomic mass is 32.2. The molecule has 0 aliphatic rings. The summed E-state index contributed by atoms with van der Waals surface area (Å²) < 4.78 is 26.5. The van der Waals surface area contributed by atoms with Crippen molar-refractivity contribution in [2.24, 2.45) is 5.92 Å². The van der Waals surface area contributed by atoms with Crippen LogP contribution in [0.5, 0.6) is 0 Å². The van der Waals surface area contributed by atoms with E-state index in [2.05, 4.69) is 10.0 Å². The second kappa shape index (κ2) is 6.91. The Bertz CT molecular complexity index is 498. The van der Waals surface area contributed by atoms with Crippen molar-refractivity contribution in [2.45, 2.75) is 33.2 Å². The molecule has 2 N–H and O–H groups in total. The molecule has 0 aliphatic carbocycles. The van der Waals surface area contributed by atoms with Crippen LogP contribution in [0.4, 0.5) is 5.69 Å². The van der Waals surface area contributed by atoms with Gasteiger partial charge in [0.15, 0.2) is 0 Å². The molecule has 1 atom stereocenters. The Labute approximate surface area is 116 Å². The van der Waals surface area contributed by atoms with E-state index in [4.69, 9.17) is 0 Å². The molecule has 0 bridgehead atoms. The zero-order valence-electron chi connectivity index (χ0n) is 12.1. The third-order valence-electron chi connectivity index (χ3n) is 3.06. The zero-order valence-corrected chi connectivity index (χ0v) is 12.9. The fraction of sp³-hybridized carbons (Fsp3) is 0.571. The monoisotopic (exact) mass is 284 g/mol. The summed E-state index contributed by atoms with van der Waals surface area (Å²) in [5, 5.41) is 3.13. The van der Waals surface area contributed by atoms with E-state index in [1.807, 2.05) is 46.0 Å².